The molecule has 94 valence electrons. The number of nitrogens with zero attached hydrogens (tertiary/aromatic N) is 1. The van der Waals surface area contributed by atoms with Crippen molar-refractivity contribution in [3.05, 3.63) is 28.2 Å². The highest BCUT2D eigenvalue weighted by Crippen LogP contribution is 2.25. The zero-order chi connectivity index (χ0) is 12.8. The van der Waals surface area contributed by atoms with Crippen molar-refractivity contribution >= 4 is 27.4 Å². The van der Waals surface area contributed by atoms with E-state index in [1.54, 1.807) is 6.92 Å². The normalized spacial score (nSPS) is 10.4. The van der Waals surface area contributed by atoms with Gasteiger partial charge in [-0.15, -0.1) is 0 Å². The maximum absolute atomic E-state index is 11.7. The van der Waals surface area contributed by atoms with Crippen LogP contribution in [0.3, 0.4) is 0 Å². The largest absolute Gasteiger partial charge is 0.371 e. The summed E-state index contributed by atoms with van der Waals surface area (Å²) in [5, 5.41) is 0. The van der Waals surface area contributed by atoms with Crippen molar-refractivity contribution in [3.63, 3.8) is 0 Å². The van der Waals surface area contributed by atoms with Crippen LogP contribution in [0.25, 0.3) is 0 Å². The number of Topliss-reactive ketones (excluding diaryl/α,β-unsaturated/α-hetero) is 1. The van der Waals surface area contributed by atoms with Gasteiger partial charge in [0.05, 0.1) is 0 Å². The van der Waals surface area contributed by atoms with Gasteiger partial charge in [-0.25, -0.2) is 0 Å². The number of benzene rings is 1. The van der Waals surface area contributed by atoms with E-state index in [4.69, 9.17) is 0 Å². The van der Waals surface area contributed by atoms with Crippen molar-refractivity contribution in [1.29, 1.82) is 0 Å². The first-order valence-corrected chi connectivity index (χ1v) is 6.94. The lowest BCUT2D eigenvalue weighted by Gasteiger charge is -2.25. The fourth-order valence-corrected chi connectivity index (χ4v) is 2.22. The first-order chi connectivity index (χ1) is 8.10. The van der Waals surface area contributed by atoms with Gasteiger partial charge in [-0.3, -0.25) is 4.79 Å². The molecule has 0 atom stereocenters. The molecular formula is C14H20BrNO. The molecule has 0 N–H and O–H groups in total. The Bertz CT molecular complexity index is 390. The Kier molecular flexibility index (Phi) is 5.69. The number of hydrogen-bond donors (Lipinski definition) is 0. The van der Waals surface area contributed by atoms with Crippen LogP contribution < -0.4 is 4.90 Å². The average Bonchev–Trinajstić information content (AvgIpc) is 2.31. The summed E-state index contributed by atoms with van der Waals surface area (Å²) in [7, 11) is 0. The van der Waals surface area contributed by atoms with Gasteiger partial charge in [-0.05, 0) is 38.5 Å². The quantitative estimate of drug-likeness (QED) is 0.731. The van der Waals surface area contributed by atoms with Crippen molar-refractivity contribution in [2.24, 2.45) is 0 Å². The van der Waals surface area contributed by atoms with Gasteiger partial charge < -0.3 is 4.90 Å². The molecule has 0 fully saturated rings. The maximum atomic E-state index is 11.7. The molecule has 1 aromatic carbocycles. The topological polar surface area (TPSA) is 20.3 Å². The molecule has 0 aliphatic heterocycles. The molecular weight excluding hydrogens is 278 g/mol. The molecule has 2 nitrogen and oxygen atoms in total. The van der Waals surface area contributed by atoms with Crippen LogP contribution in [0.4, 0.5) is 5.69 Å². The summed E-state index contributed by atoms with van der Waals surface area (Å²) in [6, 6.07) is 5.93. The van der Waals surface area contributed by atoms with E-state index in [1.165, 1.54) is 6.42 Å². The highest BCUT2D eigenvalue weighted by molar-refractivity contribution is 9.10. The molecule has 17 heavy (non-hydrogen) atoms. The Morgan fingerprint density at radius 3 is 2.59 bits per heavy atom. The van der Waals surface area contributed by atoms with Gasteiger partial charge in [0.2, 0.25) is 0 Å². The van der Waals surface area contributed by atoms with E-state index in [1.807, 2.05) is 18.2 Å². The Morgan fingerprint density at radius 1 is 1.35 bits per heavy atom. The summed E-state index contributed by atoms with van der Waals surface area (Å²) < 4.78 is 0.956. The summed E-state index contributed by atoms with van der Waals surface area (Å²) >= 11 is 3.42. The van der Waals surface area contributed by atoms with Gasteiger partial charge in [0, 0.05) is 28.8 Å². The van der Waals surface area contributed by atoms with Crippen LogP contribution in [0.2, 0.25) is 0 Å². The lowest BCUT2D eigenvalue weighted by molar-refractivity contribution is 0.101. The van der Waals surface area contributed by atoms with Gasteiger partial charge in [0.15, 0.2) is 5.78 Å². The molecule has 1 rings (SSSR count). The molecule has 0 saturated heterocycles. The number of anilines is 1. The van der Waals surface area contributed by atoms with E-state index in [2.05, 4.69) is 34.7 Å². The van der Waals surface area contributed by atoms with Crippen LogP contribution in [0.5, 0.6) is 0 Å². The molecule has 0 aliphatic carbocycles. The van der Waals surface area contributed by atoms with Crippen LogP contribution >= 0.6 is 15.9 Å². The second-order valence-electron chi connectivity index (χ2n) is 4.15. The second-order valence-corrected chi connectivity index (χ2v) is 5.07. The Hall–Kier alpha value is -0.830. The van der Waals surface area contributed by atoms with Crippen LogP contribution in [0.1, 0.15) is 44.0 Å². The molecule has 0 bridgehead atoms. The minimum atomic E-state index is 0.122. The number of carbonyl (C=O) groups excluding carboxylic acids is 1. The molecule has 0 unspecified atom stereocenters. The van der Waals surface area contributed by atoms with Crippen molar-refractivity contribution in [3.8, 4) is 0 Å². The van der Waals surface area contributed by atoms with Gasteiger partial charge >= 0.3 is 0 Å². The minimum absolute atomic E-state index is 0.122. The number of ketones is 1. The van der Waals surface area contributed by atoms with Crippen molar-refractivity contribution in [2.75, 3.05) is 18.0 Å². The molecule has 0 radical (unpaired) electrons. The summed E-state index contributed by atoms with van der Waals surface area (Å²) in [6.07, 6.45) is 2.32. The lowest BCUT2D eigenvalue weighted by atomic mass is 10.1. The van der Waals surface area contributed by atoms with E-state index in [0.717, 1.165) is 35.2 Å². The molecule has 0 saturated carbocycles. The standard InChI is InChI=1S/C14H20BrNO/c1-4-6-9-16(5-2)14-8-7-12(15)10-13(14)11(3)17/h7-8,10H,4-6,9H2,1-3H3. The molecule has 0 aromatic heterocycles. The number of carbonyl (C=O) groups is 1. The number of hydrogen-bond acceptors (Lipinski definition) is 2. The van der Waals surface area contributed by atoms with Crippen LogP contribution in [0.15, 0.2) is 22.7 Å². The van der Waals surface area contributed by atoms with Crippen molar-refractivity contribution < 1.29 is 4.79 Å². The highest BCUT2D eigenvalue weighted by Gasteiger charge is 2.12. The first-order valence-electron chi connectivity index (χ1n) is 6.15. The van der Waals surface area contributed by atoms with Crippen molar-refractivity contribution in [1.82, 2.24) is 0 Å². The Labute approximate surface area is 112 Å². The predicted molar refractivity (Wildman–Crippen MR) is 76.9 cm³/mol. The minimum Gasteiger partial charge on any atom is -0.371 e. The predicted octanol–water partition coefficient (Wildman–Crippen LogP) is 4.28. The molecule has 0 aliphatic rings. The Morgan fingerprint density at radius 2 is 2.06 bits per heavy atom. The number of halogens is 1. The van der Waals surface area contributed by atoms with Crippen molar-refractivity contribution in [2.45, 2.75) is 33.6 Å². The fourth-order valence-electron chi connectivity index (χ4n) is 1.86. The zero-order valence-corrected chi connectivity index (χ0v) is 12.4. The van der Waals surface area contributed by atoms with E-state index < -0.39 is 0 Å². The monoisotopic (exact) mass is 297 g/mol. The molecule has 3 heteroatoms. The van der Waals surface area contributed by atoms with E-state index in [9.17, 15) is 4.79 Å². The summed E-state index contributed by atoms with van der Waals surface area (Å²) in [6.45, 7) is 7.87. The summed E-state index contributed by atoms with van der Waals surface area (Å²) in [4.78, 5) is 13.9. The third-order valence-corrected chi connectivity index (χ3v) is 3.34. The van der Waals surface area contributed by atoms with Gasteiger partial charge in [0.1, 0.15) is 0 Å². The second kappa shape index (κ2) is 6.80. The maximum Gasteiger partial charge on any atom is 0.161 e. The molecule has 0 spiro atoms. The lowest BCUT2D eigenvalue weighted by Crippen LogP contribution is -2.25. The Balaban J connectivity index is 3.05. The van der Waals surface area contributed by atoms with Gasteiger partial charge in [-0.2, -0.15) is 0 Å². The first kappa shape index (κ1) is 14.2. The van der Waals surface area contributed by atoms with E-state index in [0.29, 0.717) is 0 Å². The summed E-state index contributed by atoms with van der Waals surface area (Å²) in [5.41, 5.74) is 1.86. The SMILES string of the molecule is CCCCN(CC)c1ccc(Br)cc1C(C)=O. The number of rotatable bonds is 6. The fraction of sp³-hybridized carbons (Fsp3) is 0.500. The molecule has 1 aromatic rings. The average molecular weight is 298 g/mol. The smallest absolute Gasteiger partial charge is 0.161 e. The third kappa shape index (κ3) is 3.84. The van der Waals surface area contributed by atoms with Gasteiger partial charge in [0.25, 0.3) is 0 Å². The number of unbranched alkanes of at least 4 members (excludes halogenated alkanes) is 1. The van der Waals surface area contributed by atoms with Crippen LogP contribution in [0, 0.1) is 0 Å². The summed E-state index contributed by atoms with van der Waals surface area (Å²) in [5.74, 6) is 0.122. The van der Waals surface area contributed by atoms with Crippen LogP contribution in [-0.2, 0) is 0 Å². The molecule has 0 heterocycles. The third-order valence-electron chi connectivity index (χ3n) is 2.84. The zero-order valence-electron chi connectivity index (χ0n) is 10.8. The van der Waals surface area contributed by atoms with Crippen LogP contribution in [-0.4, -0.2) is 18.9 Å². The molecule has 0 amide bonds. The van der Waals surface area contributed by atoms with Gasteiger partial charge in [-0.1, -0.05) is 29.3 Å². The van der Waals surface area contributed by atoms with E-state index >= 15 is 0 Å². The van der Waals surface area contributed by atoms with E-state index in [-0.39, 0.29) is 5.78 Å². The highest BCUT2D eigenvalue weighted by atomic mass is 79.9.